The van der Waals surface area contributed by atoms with E-state index in [1.807, 2.05) is 12.1 Å². The normalized spacial score (nSPS) is 10.6. The van der Waals surface area contributed by atoms with Gasteiger partial charge >= 0.3 is 0 Å². The molecule has 0 saturated heterocycles. The molecule has 0 saturated carbocycles. The standard InChI is InChI=1S/C17H20N4O/c1-3-21(4-2)16-9-7-14(8-10-16)12-19-20-17(22)15-6-5-11-18-13-15/h5-13H,3-4H2,1-2H3,(H,20,22)/b19-12-. The molecule has 1 aromatic carbocycles. The molecule has 1 aromatic heterocycles. The average Bonchev–Trinajstić information content (AvgIpc) is 2.58. The third-order valence-electron chi connectivity index (χ3n) is 3.33. The summed E-state index contributed by atoms with van der Waals surface area (Å²) in [6.45, 7) is 6.22. The van der Waals surface area contributed by atoms with Gasteiger partial charge in [-0.05, 0) is 43.7 Å². The van der Waals surface area contributed by atoms with Crippen molar-refractivity contribution in [3.05, 3.63) is 59.9 Å². The topological polar surface area (TPSA) is 57.6 Å². The zero-order chi connectivity index (χ0) is 15.8. The van der Waals surface area contributed by atoms with Crippen LogP contribution in [0.5, 0.6) is 0 Å². The summed E-state index contributed by atoms with van der Waals surface area (Å²) in [6.07, 6.45) is 4.75. The number of nitrogens with one attached hydrogen (secondary N) is 1. The van der Waals surface area contributed by atoms with E-state index in [1.54, 1.807) is 24.5 Å². The number of anilines is 1. The Morgan fingerprint density at radius 1 is 1.23 bits per heavy atom. The van der Waals surface area contributed by atoms with Gasteiger partial charge in [-0.1, -0.05) is 12.1 Å². The van der Waals surface area contributed by atoms with Gasteiger partial charge in [-0.2, -0.15) is 5.10 Å². The molecule has 0 unspecified atom stereocenters. The lowest BCUT2D eigenvalue weighted by Crippen LogP contribution is -2.21. The van der Waals surface area contributed by atoms with E-state index in [4.69, 9.17) is 0 Å². The Bertz CT molecular complexity index is 619. The second-order valence-electron chi connectivity index (χ2n) is 4.70. The van der Waals surface area contributed by atoms with E-state index in [9.17, 15) is 4.79 Å². The smallest absolute Gasteiger partial charge is 0.272 e. The van der Waals surface area contributed by atoms with E-state index in [1.165, 1.54) is 11.9 Å². The summed E-state index contributed by atoms with van der Waals surface area (Å²) in [5.74, 6) is -0.274. The molecule has 1 heterocycles. The lowest BCUT2D eigenvalue weighted by molar-refractivity contribution is 0.0955. The number of aromatic nitrogens is 1. The highest BCUT2D eigenvalue weighted by molar-refractivity contribution is 5.94. The van der Waals surface area contributed by atoms with Crippen molar-refractivity contribution in [1.29, 1.82) is 0 Å². The largest absolute Gasteiger partial charge is 0.372 e. The molecule has 5 nitrogen and oxygen atoms in total. The van der Waals surface area contributed by atoms with Gasteiger partial charge in [0.15, 0.2) is 0 Å². The molecule has 0 atom stereocenters. The van der Waals surface area contributed by atoms with Gasteiger partial charge in [0.25, 0.3) is 5.91 Å². The zero-order valence-electron chi connectivity index (χ0n) is 12.9. The Balaban J connectivity index is 1.95. The van der Waals surface area contributed by atoms with Crippen LogP contribution in [0.15, 0.2) is 53.9 Å². The molecule has 114 valence electrons. The van der Waals surface area contributed by atoms with Crippen molar-refractivity contribution in [2.75, 3.05) is 18.0 Å². The van der Waals surface area contributed by atoms with E-state index >= 15 is 0 Å². The quantitative estimate of drug-likeness (QED) is 0.658. The predicted octanol–water partition coefficient (Wildman–Crippen LogP) is 2.69. The summed E-state index contributed by atoms with van der Waals surface area (Å²) in [6, 6.07) is 11.5. The third-order valence-corrected chi connectivity index (χ3v) is 3.33. The number of pyridine rings is 1. The van der Waals surface area contributed by atoms with Gasteiger partial charge in [-0.15, -0.1) is 0 Å². The minimum Gasteiger partial charge on any atom is -0.372 e. The van der Waals surface area contributed by atoms with Gasteiger partial charge in [0.1, 0.15) is 0 Å². The van der Waals surface area contributed by atoms with Crippen molar-refractivity contribution < 1.29 is 4.79 Å². The number of nitrogens with zero attached hydrogens (tertiary/aromatic N) is 3. The summed E-state index contributed by atoms with van der Waals surface area (Å²) in [7, 11) is 0. The fourth-order valence-corrected chi connectivity index (χ4v) is 2.09. The number of rotatable bonds is 6. The van der Waals surface area contributed by atoms with Crippen LogP contribution in [0.3, 0.4) is 0 Å². The van der Waals surface area contributed by atoms with Gasteiger partial charge in [0, 0.05) is 31.2 Å². The summed E-state index contributed by atoms with van der Waals surface area (Å²) in [5, 5.41) is 3.97. The van der Waals surface area contributed by atoms with Crippen LogP contribution < -0.4 is 10.3 Å². The van der Waals surface area contributed by atoms with E-state index in [-0.39, 0.29) is 5.91 Å². The van der Waals surface area contributed by atoms with Gasteiger partial charge in [0.05, 0.1) is 11.8 Å². The molecule has 0 fully saturated rings. The monoisotopic (exact) mass is 296 g/mol. The molecule has 1 amide bonds. The highest BCUT2D eigenvalue weighted by Crippen LogP contribution is 2.13. The Hall–Kier alpha value is -2.69. The van der Waals surface area contributed by atoms with Crippen LogP contribution in [-0.4, -0.2) is 30.2 Å². The zero-order valence-corrected chi connectivity index (χ0v) is 12.9. The number of hydrazone groups is 1. The van der Waals surface area contributed by atoms with E-state index in [2.05, 4.69) is 46.4 Å². The number of amides is 1. The van der Waals surface area contributed by atoms with Crippen molar-refractivity contribution in [3.63, 3.8) is 0 Å². The summed E-state index contributed by atoms with van der Waals surface area (Å²) in [4.78, 5) is 18.0. The fraction of sp³-hybridized carbons (Fsp3) is 0.235. The molecular weight excluding hydrogens is 276 g/mol. The number of benzene rings is 1. The Morgan fingerprint density at radius 3 is 2.55 bits per heavy atom. The van der Waals surface area contributed by atoms with Gasteiger partial charge < -0.3 is 4.90 Å². The Morgan fingerprint density at radius 2 is 1.95 bits per heavy atom. The summed E-state index contributed by atoms with van der Waals surface area (Å²) in [5.41, 5.74) is 5.08. The second kappa shape index (κ2) is 7.93. The lowest BCUT2D eigenvalue weighted by atomic mass is 10.2. The van der Waals surface area contributed by atoms with Crippen molar-refractivity contribution in [2.24, 2.45) is 5.10 Å². The minimum atomic E-state index is -0.274. The number of carbonyl (C=O) groups excluding carboxylic acids is 1. The molecule has 2 aromatic rings. The molecule has 1 N–H and O–H groups in total. The fourth-order valence-electron chi connectivity index (χ4n) is 2.09. The molecule has 2 rings (SSSR count). The van der Waals surface area contributed by atoms with Crippen LogP contribution in [0, 0.1) is 0 Å². The van der Waals surface area contributed by atoms with Gasteiger partial charge in [-0.25, -0.2) is 5.43 Å². The third kappa shape index (κ3) is 4.15. The van der Waals surface area contributed by atoms with Crippen LogP contribution in [-0.2, 0) is 0 Å². The highest BCUT2D eigenvalue weighted by atomic mass is 16.2. The maximum absolute atomic E-state index is 11.8. The molecule has 0 spiro atoms. The molecule has 5 heteroatoms. The van der Waals surface area contributed by atoms with Crippen molar-refractivity contribution in [3.8, 4) is 0 Å². The molecule has 0 aliphatic rings. The van der Waals surface area contributed by atoms with Gasteiger partial charge in [-0.3, -0.25) is 9.78 Å². The summed E-state index contributed by atoms with van der Waals surface area (Å²) >= 11 is 0. The minimum absolute atomic E-state index is 0.274. The van der Waals surface area contributed by atoms with E-state index in [0.717, 1.165) is 18.7 Å². The number of hydrogen-bond donors (Lipinski definition) is 1. The first-order chi connectivity index (χ1) is 10.7. The maximum Gasteiger partial charge on any atom is 0.272 e. The molecular formula is C17H20N4O. The predicted molar refractivity (Wildman–Crippen MR) is 89.3 cm³/mol. The van der Waals surface area contributed by atoms with Crippen LogP contribution in [0.1, 0.15) is 29.8 Å². The van der Waals surface area contributed by atoms with Gasteiger partial charge in [0.2, 0.25) is 0 Å². The number of hydrogen-bond acceptors (Lipinski definition) is 4. The first kappa shape index (κ1) is 15.7. The van der Waals surface area contributed by atoms with Crippen LogP contribution in [0.25, 0.3) is 0 Å². The highest BCUT2D eigenvalue weighted by Gasteiger charge is 2.03. The van der Waals surface area contributed by atoms with Crippen molar-refractivity contribution in [2.45, 2.75) is 13.8 Å². The van der Waals surface area contributed by atoms with E-state index in [0.29, 0.717) is 5.56 Å². The Kier molecular flexibility index (Phi) is 5.65. The number of carbonyl (C=O) groups is 1. The maximum atomic E-state index is 11.8. The molecule has 0 radical (unpaired) electrons. The van der Waals surface area contributed by atoms with Crippen LogP contribution in [0.2, 0.25) is 0 Å². The first-order valence-corrected chi connectivity index (χ1v) is 7.33. The second-order valence-corrected chi connectivity index (χ2v) is 4.70. The Labute approximate surface area is 130 Å². The van der Waals surface area contributed by atoms with Crippen molar-refractivity contribution >= 4 is 17.8 Å². The van der Waals surface area contributed by atoms with Crippen molar-refractivity contribution in [1.82, 2.24) is 10.4 Å². The molecule has 0 aliphatic heterocycles. The molecule has 0 aliphatic carbocycles. The van der Waals surface area contributed by atoms with E-state index < -0.39 is 0 Å². The van der Waals surface area contributed by atoms with Crippen LogP contribution >= 0.6 is 0 Å². The first-order valence-electron chi connectivity index (χ1n) is 7.33. The lowest BCUT2D eigenvalue weighted by Gasteiger charge is -2.20. The van der Waals surface area contributed by atoms with Crippen LogP contribution in [0.4, 0.5) is 5.69 Å². The SMILES string of the molecule is CCN(CC)c1ccc(/C=N\NC(=O)c2cccnc2)cc1. The average molecular weight is 296 g/mol. The summed E-state index contributed by atoms with van der Waals surface area (Å²) < 4.78 is 0. The molecule has 0 bridgehead atoms. The molecule has 22 heavy (non-hydrogen) atoms.